The average Bonchev–Trinajstić information content (AvgIpc) is 2.38. The highest BCUT2D eigenvalue weighted by molar-refractivity contribution is 5.91. The number of carbonyl (C=O) groups excluding carboxylic acids is 1. The zero-order valence-electron chi connectivity index (χ0n) is 10.7. The zero-order chi connectivity index (χ0) is 14.3. The van der Waals surface area contributed by atoms with Crippen LogP contribution in [0.15, 0.2) is 30.9 Å². The molecule has 0 fully saturated rings. The van der Waals surface area contributed by atoms with Crippen LogP contribution >= 0.6 is 0 Å². The van der Waals surface area contributed by atoms with Gasteiger partial charge in [-0.1, -0.05) is 6.08 Å². The Morgan fingerprint density at radius 2 is 2.37 bits per heavy atom. The molecule has 0 saturated heterocycles. The van der Waals surface area contributed by atoms with Crippen LogP contribution in [0.4, 0.5) is 14.9 Å². The molecule has 0 bridgehead atoms. The fourth-order valence-corrected chi connectivity index (χ4v) is 1.52. The number of benzene rings is 1. The number of nitrogens with one attached hydrogen (secondary N) is 1. The Labute approximate surface area is 111 Å². The second-order valence-corrected chi connectivity index (χ2v) is 3.73. The molecule has 0 atom stereocenters. The third-order valence-electron chi connectivity index (χ3n) is 2.41. The van der Waals surface area contributed by atoms with E-state index in [1.165, 1.54) is 36.3 Å². The highest BCUT2D eigenvalue weighted by Crippen LogP contribution is 2.25. The van der Waals surface area contributed by atoms with Crippen LogP contribution in [-0.2, 0) is 0 Å². The first-order chi connectivity index (χ1) is 9.12. The van der Waals surface area contributed by atoms with Gasteiger partial charge in [0.25, 0.3) is 0 Å². The van der Waals surface area contributed by atoms with Crippen molar-refractivity contribution in [3.63, 3.8) is 0 Å². The molecule has 0 spiro atoms. The number of ether oxygens (including phenoxy) is 1. The summed E-state index contributed by atoms with van der Waals surface area (Å²) in [6.07, 6.45) is 1.54. The van der Waals surface area contributed by atoms with Crippen molar-refractivity contribution in [2.24, 2.45) is 0 Å². The number of hydrogen-bond acceptors (Lipinski definition) is 3. The predicted molar refractivity (Wildman–Crippen MR) is 70.8 cm³/mol. The zero-order valence-corrected chi connectivity index (χ0v) is 10.7. The van der Waals surface area contributed by atoms with E-state index in [1.54, 1.807) is 0 Å². The summed E-state index contributed by atoms with van der Waals surface area (Å²) in [7, 11) is 1.43. The molecule has 0 saturated carbocycles. The molecule has 6 heteroatoms. The van der Waals surface area contributed by atoms with E-state index in [2.05, 4.69) is 11.9 Å². The second kappa shape index (κ2) is 7.38. The van der Waals surface area contributed by atoms with E-state index in [0.717, 1.165) is 0 Å². The molecular weight excluding hydrogens is 251 g/mol. The van der Waals surface area contributed by atoms with Crippen molar-refractivity contribution in [3.05, 3.63) is 36.7 Å². The van der Waals surface area contributed by atoms with Crippen LogP contribution in [0, 0.1) is 5.82 Å². The summed E-state index contributed by atoms with van der Waals surface area (Å²) in [6.45, 7) is 3.81. The molecule has 2 N–H and O–H groups in total. The summed E-state index contributed by atoms with van der Waals surface area (Å²) >= 11 is 0. The lowest BCUT2D eigenvalue weighted by Gasteiger charge is -2.21. The monoisotopic (exact) mass is 268 g/mol. The standard InChI is InChI=1S/C13H17FN2O3/c1-3-6-16(7-8-17)13(18)15-11-9-10(14)4-5-12(11)19-2/h3-5,9,17H,1,6-8H2,2H3,(H,15,18). The number of carbonyl (C=O) groups is 1. The highest BCUT2D eigenvalue weighted by Gasteiger charge is 2.14. The number of methoxy groups -OCH3 is 1. The minimum absolute atomic E-state index is 0.162. The number of halogens is 1. The normalized spacial score (nSPS) is 9.84. The van der Waals surface area contributed by atoms with Gasteiger partial charge in [-0.2, -0.15) is 0 Å². The van der Waals surface area contributed by atoms with Crippen LogP contribution < -0.4 is 10.1 Å². The van der Waals surface area contributed by atoms with Gasteiger partial charge in [0.15, 0.2) is 0 Å². The van der Waals surface area contributed by atoms with E-state index < -0.39 is 11.8 Å². The maximum Gasteiger partial charge on any atom is 0.322 e. The highest BCUT2D eigenvalue weighted by atomic mass is 19.1. The minimum atomic E-state index is -0.478. The Balaban J connectivity index is 2.84. The number of aliphatic hydroxyl groups excluding tert-OH is 1. The maximum absolute atomic E-state index is 13.2. The molecule has 1 rings (SSSR count). The molecule has 0 heterocycles. The van der Waals surface area contributed by atoms with E-state index in [1.807, 2.05) is 0 Å². The molecule has 1 aromatic rings. The molecule has 0 aromatic heterocycles. The Bertz CT molecular complexity index is 452. The van der Waals surface area contributed by atoms with E-state index in [4.69, 9.17) is 9.84 Å². The lowest BCUT2D eigenvalue weighted by Crippen LogP contribution is -2.37. The lowest BCUT2D eigenvalue weighted by molar-refractivity contribution is 0.195. The topological polar surface area (TPSA) is 61.8 Å². The number of urea groups is 1. The fraction of sp³-hybridized carbons (Fsp3) is 0.308. The van der Waals surface area contributed by atoms with Crippen molar-refractivity contribution in [1.82, 2.24) is 4.90 Å². The number of nitrogens with zero attached hydrogens (tertiary/aromatic N) is 1. The molecule has 0 unspecified atom stereocenters. The molecule has 2 amide bonds. The number of amides is 2. The molecule has 0 aliphatic rings. The van der Waals surface area contributed by atoms with Crippen LogP contribution in [0.25, 0.3) is 0 Å². The van der Waals surface area contributed by atoms with Gasteiger partial charge in [-0.15, -0.1) is 6.58 Å². The molecule has 1 aromatic carbocycles. The van der Waals surface area contributed by atoms with Crippen LogP contribution in [0.2, 0.25) is 0 Å². The average molecular weight is 268 g/mol. The fourth-order valence-electron chi connectivity index (χ4n) is 1.52. The smallest absolute Gasteiger partial charge is 0.322 e. The summed E-state index contributed by atoms with van der Waals surface area (Å²) in [5, 5.41) is 11.4. The Kier molecular flexibility index (Phi) is 5.81. The van der Waals surface area contributed by atoms with Gasteiger partial charge in [0.2, 0.25) is 0 Å². The van der Waals surface area contributed by atoms with Crippen LogP contribution in [0.1, 0.15) is 0 Å². The number of anilines is 1. The molecule has 5 nitrogen and oxygen atoms in total. The van der Waals surface area contributed by atoms with Crippen molar-refractivity contribution in [1.29, 1.82) is 0 Å². The summed E-state index contributed by atoms with van der Waals surface area (Å²) in [5.41, 5.74) is 0.236. The molecular formula is C13H17FN2O3. The Hall–Kier alpha value is -2.08. The van der Waals surface area contributed by atoms with Gasteiger partial charge >= 0.3 is 6.03 Å². The summed E-state index contributed by atoms with van der Waals surface area (Å²) in [4.78, 5) is 13.3. The van der Waals surface area contributed by atoms with Crippen molar-refractivity contribution < 1.29 is 19.0 Å². The summed E-state index contributed by atoms with van der Waals surface area (Å²) in [5.74, 6) is -0.120. The Morgan fingerprint density at radius 1 is 1.63 bits per heavy atom. The molecule has 104 valence electrons. The van der Waals surface area contributed by atoms with Crippen molar-refractivity contribution in [2.45, 2.75) is 0 Å². The first kappa shape index (κ1) is 15.0. The van der Waals surface area contributed by atoms with Gasteiger partial charge in [-0.3, -0.25) is 0 Å². The van der Waals surface area contributed by atoms with Crippen LogP contribution in [-0.4, -0.2) is 42.8 Å². The van der Waals surface area contributed by atoms with Crippen LogP contribution in [0.3, 0.4) is 0 Å². The van der Waals surface area contributed by atoms with Gasteiger partial charge in [-0.05, 0) is 12.1 Å². The molecule has 0 aliphatic carbocycles. The second-order valence-electron chi connectivity index (χ2n) is 3.73. The van der Waals surface area contributed by atoms with E-state index >= 15 is 0 Å². The van der Waals surface area contributed by atoms with Crippen LogP contribution in [0.5, 0.6) is 5.75 Å². The molecule has 0 radical (unpaired) electrons. The van der Waals surface area contributed by atoms with Gasteiger partial charge in [0, 0.05) is 19.2 Å². The first-order valence-electron chi connectivity index (χ1n) is 5.73. The SMILES string of the molecule is C=CCN(CCO)C(=O)Nc1cc(F)ccc1OC. The first-order valence-corrected chi connectivity index (χ1v) is 5.73. The van der Waals surface area contributed by atoms with Crippen molar-refractivity contribution >= 4 is 11.7 Å². The van der Waals surface area contributed by atoms with E-state index in [-0.39, 0.29) is 25.4 Å². The van der Waals surface area contributed by atoms with Crippen molar-refractivity contribution in [3.8, 4) is 5.75 Å². The van der Waals surface area contributed by atoms with E-state index in [9.17, 15) is 9.18 Å². The number of aliphatic hydroxyl groups is 1. The minimum Gasteiger partial charge on any atom is -0.495 e. The summed E-state index contributed by atoms with van der Waals surface area (Å²) < 4.78 is 18.2. The predicted octanol–water partition coefficient (Wildman–Crippen LogP) is 1.85. The summed E-state index contributed by atoms with van der Waals surface area (Å²) in [6, 6.07) is 3.37. The van der Waals surface area contributed by atoms with E-state index in [0.29, 0.717) is 5.75 Å². The van der Waals surface area contributed by atoms with Gasteiger partial charge in [0.1, 0.15) is 11.6 Å². The number of rotatable bonds is 6. The lowest BCUT2D eigenvalue weighted by atomic mass is 10.3. The van der Waals surface area contributed by atoms with Gasteiger partial charge < -0.3 is 20.1 Å². The van der Waals surface area contributed by atoms with Crippen molar-refractivity contribution in [2.75, 3.05) is 32.1 Å². The third kappa shape index (κ3) is 4.26. The van der Waals surface area contributed by atoms with Gasteiger partial charge in [-0.25, -0.2) is 9.18 Å². The largest absolute Gasteiger partial charge is 0.495 e. The Morgan fingerprint density at radius 3 is 2.95 bits per heavy atom. The quantitative estimate of drug-likeness (QED) is 0.774. The van der Waals surface area contributed by atoms with Gasteiger partial charge in [0.05, 0.1) is 19.4 Å². The molecule has 19 heavy (non-hydrogen) atoms. The third-order valence-corrected chi connectivity index (χ3v) is 2.41. The maximum atomic E-state index is 13.2. The number of hydrogen-bond donors (Lipinski definition) is 2. The molecule has 0 aliphatic heterocycles.